The van der Waals surface area contributed by atoms with Gasteiger partial charge in [-0.15, -0.1) is 23.1 Å². The number of thiophene rings is 1. The van der Waals surface area contributed by atoms with E-state index in [0.717, 1.165) is 54.8 Å². The lowest BCUT2D eigenvalue weighted by atomic mass is 10.1. The van der Waals surface area contributed by atoms with Gasteiger partial charge in [0.15, 0.2) is 0 Å². The average molecular weight is 466 g/mol. The van der Waals surface area contributed by atoms with E-state index >= 15 is 0 Å². The number of aromatic nitrogens is 2. The van der Waals surface area contributed by atoms with Crippen LogP contribution in [-0.2, 0) is 17.1 Å². The van der Waals surface area contributed by atoms with Gasteiger partial charge in [-0.2, -0.15) is 0 Å². The molecule has 0 spiro atoms. The van der Waals surface area contributed by atoms with Gasteiger partial charge in [0.2, 0.25) is 11.9 Å². The number of fused-ring (bicyclic) bond motifs is 3. The number of carbonyl (C=O) groups excluding carboxylic acids is 1. The number of aryl methyl sites for hydroxylation is 2. The zero-order chi connectivity index (χ0) is 22.2. The summed E-state index contributed by atoms with van der Waals surface area (Å²) >= 11 is 3.70. The predicted octanol–water partition coefficient (Wildman–Crippen LogP) is 4.84. The van der Waals surface area contributed by atoms with Gasteiger partial charge >= 0.3 is 0 Å². The molecule has 1 N–H and O–H groups in total. The average Bonchev–Trinajstić information content (AvgIpc) is 3.16. The van der Waals surface area contributed by atoms with Gasteiger partial charge in [0, 0.05) is 72.6 Å². The van der Waals surface area contributed by atoms with Gasteiger partial charge in [-0.3, -0.25) is 9.69 Å². The van der Waals surface area contributed by atoms with E-state index in [2.05, 4.69) is 53.3 Å². The summed E-state index contributed by atoms with van der Waals surface area (Å²) in [6.07, 6.45) is 1.94. The molecule has 3 aromatic rings. The molecule has 0 bridgehead atoms. The van der Waals surface area contributed by atoms with Gasteiger partial charge in [-0.05, 0) is 43.2 Å². The summed E-state index contributed by atoms with van der Waals surface area (Å²) in [5.41, 5.74) is 5.72. The van der Waals surface area contributed by atoms with Gasteiger partial charge < -0.3 is 10.2 Å². The Labute approximate surface area is 197 Å². The molecule has 0 atom stereocenters. The van der Waals surface area contributed by atoms with Crippen LogP contribution >= 0.6 is 23.1 Å². The summed E-state index contributed by atoms with van der Waals surface area (Å²) in [6, 6.07) is 8.70. The number of thioether (sulfide) groups is 1. The van der Waals surface area contributed by atoms with Crippen molar-refractivity contribution in [1.82, 2.24) is 19.8 Å². The Morgan fingerprint density at radius 3 is 2.56 bits per heavy atom. The molecule has 1 saturated heterocycles. The van der Waals surface area contributed by atoms with Crippen LogP contribution in [0.4, 0.5) is 11.6 Å². The standard InChI is InChI=1S/C24H27N5OS2/c1-15-8-16(2)10-18(9-15)26-24-25-12-21-23(27-24)20-11-19(32-22(20)14-31-21)13-28-4-6-29(7-5-28)17(3)30/h8-12H,4-7,13-14H2,1-3H3,(H,25,26,27). The molecule has 0 aliphatic carbocycles. The predicted molar refractivity (Wildman–Crippen MR) is 132 cm³/mol. The maximum atomic E-state index is 11.6. The normalized spacial score (nSPS) is 15.9. The number of carbonyl (C=O) groups is 1. The van der Waals surface area contributed by atoms with Crippen molar-refractivity contribution in [3.05, 3.63) is 51.3 Å². The van der Waals surface area contributed by atoms with Crippen molar-refractivity contribution in [1.29, 1.82) is 0 Å². The van der Waals surface area contributed by atoms with E-state index in [1.807, 2.05) is 34.2 Å². The quantitative estimate of drug-likeness (QED) is 0.595. The molecule has 1 fully saturated rings. The largest absolute Gasteiger partial charge is 0.340 e. The van der Waals surface area contributed by atoms with E-state index in [1.54, 1.807) is 6.92 Å². The lowest BCUT2D eigenvalue weighted by Gasteiger charge is -2.33. The van der Waals surface area contributed by atoms with Crippen LogP contribution in [0.1, 0.15) is 27.8 Å². The lowest BCUT2D eigenvalue weighted by Crippen LogP contribution is -2.47. The maximum absolute atomic E-state index is 11.6. The molecule has 1 amide bonds. The number of nitrogens with one attached hydrogen (secondary N) is 1. The first-order valence-electron chi connectivity index (χ1n) is 10.9. The summed E-state index contributed by atoms with van der Waals surface area (Å²) < 4.78 is 0. The maximum Gasteiger partial charge on any atom is 0.227 e. The Morgan fingerprint density at radius 1 is 1.09 bits per heavy atom. The van der Waals surface area contributed by atoms with Crippen LogP contribution in [0, 0.1) is 13.8 Å². The van der Waals surface area contributed by atoms with Crippen LogP contribution in [-0.4, -0.2) is 51.9 Å². The van der Waals surface area contributed by atoms with Crippen molar-refractivity contribution in [3.8, 4) is 11.3 Å². The number of amides is 1. The first-order valence-corrected chi connectivity index (χ1v) is 12.7. The number of benzene rings is 1. The van der Waals surface area contributed by atoms with E-state index < -0.39 is 0 Å². The number of rotatable bonds is 4. The highest BCUT2D eigenvalue weighted by molar-refractivity contribution is 7.98. The monoisotopic (exact) mass is 465 g/mol. The molecule has 32 heavy (non-hydrogen) atoms. The van der Waals surface area contributed by atoms with Crippen molar-refractivity contribution < 1.29 is 4.79 Å². The topological polar surface area (TPSA) is 61.4 Å². The van der Waals surface area contributed by atoms with Crippen molar-refractivity contribution in [2.75, 3.05) is 31.5 Å². The molecule has 1 aromatic carbocycles. The van der Waals surface area contributed by atoms with Crippen LogP contribution in [0.15, 0.2) is 35.4 Å². The summed E-state index contributed by atoms with van der Waals surface area (Å²) in [4.78, 5) is 29.3. The second-order valence-corrected chi connectivity index (χ2v) is 10.8. The Hall–Kier alpha value is -2.42. The highest BCUT2D eigenvalue weighted by atomic mass is 32.2. The molecule has 8 heteroatoms. The van der Waals surface area contributed by atoms with Gasteiger partial charge in [-0.1, -0.05) is 6.07 Å². The molecule has 166 valence electrons. The van der Waals surface area contributed by atoms with Crippen molar-refractivity contribution >= 4 is 40.6 Å². The zero-order valence-corrected chi connectivity index (χ0v) is 20.3. The first kappa shape index (κ1) is 21.4. The van der Waals surface area contributed by atoms with E-state index in [4.69, 9.17) is 4.98 Å². The van der Waals surface area contributed by atoms with Crippen LogP contribution in [0.3, 0.4) is 0 Å². The fraction of sp³-hybridized carbons (Fsp3) is 0.375. The molecule has 2 aliphatic rings. The third-order valence-corrected chi connectivity index (χ3v) is 8.25. The fourth-order valence-electron chi connectivity index (χ4n) is 4.36. The molecule has 0 saturated carbocycles. The molecule has 2 aromatic heterocycles. The van der Waals surface area contributed by atoms with Crippen LogP contribution in [0.2, 0.25) is 0 Å². The number of hydrogen-bond donors (Lipinski definition) is 1. The molecule has 0 unspecified atom stereocenters. The number of anilines is 2. The third kappa shape index (κ3) is 4.53. The van der Waals surface area contributed by atoms with Crippen molar-refractivity contribution in [3.63, 3.8) is 0 Å². The van der Waals surface area contributed by atoms with Crippen molar-refractivity contribution in [2.45, 2.75) is 38.0 Å². The molecule has 4 heterocycles. The highest BCUT2D eigenvalue weighted by Gasteiger charge is 2.24. The number of nitrogens with zero attached hydrogens (tertiary/aromatic N) is 4. The van der Waals surface area contributed by atoms with Crippen LogP contribution < -0.4 is 5.32 Å². The van der Waals surface area contributed by atoms with Gasteiger partial charge in [0.25, 0.3) is 0 Å². The van der Waals surface area contributed by atoms with E-state index in [0.29, 0.717) is 5.95 Å². The third-order valence-electron chi connectivity index (χ3n) is 5.90. The Balaban J connectivity index is 1.34. The minimum absolute atomic E-state index is 0.176. The molecule has 0 radical (unpaired) electrons. The van der Waals surface area contributed by atoms with Gasteiger partial charge in [0.1, 0.15) is 0 Å². The molecule has 6 nitrogen and oxygen atoms in total. The highest BCUT2D eigenvalue weighted by Crippen LogP contribution is 2.44. The Kier molecular flexibility index (Phi) is 5.92. The Morgan fingerprint density at radius 2 is 1.84 bits per heavy atom. The second kappa shape index (κ2) is 8.84. The summed E-state index contributed by atoms with van der Waals surface area (Å²) in [6.45, 7) is 10.3. The smallest absolute Gasteiger partial charge is 0.227 e. The summed E-state index contributed by atoms with van der Waals surface area (Å²) in [5.74, 6) is 1.78. The number of hydrogen-bond acceptors (Lipinski definition) is 7. The van der Waals surface area contributed by atoms with Crippen LogP contribution in [0.25, 0.3) is 11.3 Å². The number of piperazine rings is 1. The first-order chi connectivity index (χ1) is 15.4. The minimum Gasteiger partial charge on any atom is -0.340 e. The minimum atomic E-state index is 0.176. The lowest BCUT2D eigenvalue weighted by molar-refractivity contribution is -0.130. The van der Waals surface area contributed by atoms with Gasteiger partial charge in [-0.25, -0.2) is 9.97 Å². The Bertz CT molecular complexity index is 1150. The summed E-state index contributed by atoms with van der Waals surface area (Å²) in [5, 5.41) is 3.38. The second-order valence-electron chi connectivity index (χ2n) is 8.53. The summed E-state index contributed by atoms with van der Waals surface area (Å²) in [7, 11) is 0. The van der Waals surface area contributed by atoms with Crippen LogP contribution in [0.5, 0.6) is 0 Å². The van der Waals surface area contributed by atoms with E-state index in [-0.39, 0.29) is 5.91 Å². The zero-order valence-electron chi connectivity index (χ0n) is 18.6. The SMILES string of the molecule is CC(=O)N1CCN(Cc2cc3c(s2)CSc2cnc(Nc4cc(C)cc(C)c4)nc2-3)CC1. The fourth-order valence-corrected chi connectivity index (χ4v) is 6.64. The van der Waals surface area contributed by atoms with Crippen molar-refractivity contribution in [2.24, 2.45) is 0 Å². The molecular formula is C24H27N5OS2. The van der Waals surface area contributed by atoms with E-state index in [9.17, 15) is 4.79 Å². The van der Waals surface area contributed by atoms with Gasteiger partial charge in [0.05, 0.1) is 10.6 Å². The molecular weight excluding hydrogens is 438 g/mol. The molecule has 2 aliphatic heterocycles. The molecule has 5 rings (SSSR count). The van der Waals surface area contributed by atoms with E-state index in [1.165, 1.54) is 26.4 Å².